The molecule has 16 heavy (non-hydrogen) atoms. The Morgan fingerprint density at radius 2 is 2.06 bits per heavy atom. The lowest BCUT2D eigenvalue weighted by molar-refractivity contribution is 0.460. The summed E-state index contributed by atoms with van der Waals surface area (Å²) in [6.07, 6.45) is 1.55. The summed E-state index contributed by atoms with van der Waals surface area (Å²) in [5.41, 5.74) is 0.525. The number of hydrogen-bond acceptors (Lipinski definition) is 3. The molecule has 0 radical (unpaired) electrons. The highest BCUT2D eigenvalue weighted by Gasteiger charge is 2.03. The highest BCUT2D eigenvalue weighted by Crippen LogP contribution is 2.28. The zero-order chi connectivity index (χ0) is 11.4. The van der Waals surface area contributed by atoms with Gasteiger partial charge in [0.2, 0.25) is 5.88 Å². The van der Waals surface area contributed by atoms with Gasteiger partial charge in [0, 0.05) is 12.3 Å². The van der Waals surface area contributed by atoms with Gasteiger partial charge in [0.1, 0.15) is 5.75 Å². The average molecular weight is 275 g/mol. The van der Waals surface area contributed by atoms with Crippen LogP contribution < -0.4 is 4.74 Å². The first kappa shape index (κ1) is 10.7. The van der Waals surface area contributed by atoms with Crippen LogP contribution in [0, 0.1) is 11.3 Å². The Morgan fingerprint density at radius 3 is 2.81 bits per heavy atom. The summed E-state index contributed by atoms with van der Waals surface area (Å²) in [4.78, 5) is 4.03. The lowest BCUT2D eigenvalue weighted by Gasteiger charge is -2.05. The zero-order valence-electron chi connectivity index (χ0n) is 8.22. The largest absolute Gasteiger partial charge is 0.438 e. The van der Waals surface area contributed by atoms with Gasteiger partial charge in [-0.25, -0.2) is 4.98 Å². The summed E-state index contributed by atoms with van der Waals surface area (Å²) in [6, 6.07) is 12.7. The SMILES string of the molecule is N#Cc1ccnc(Oc2ccccc2Br)c1. The van der Waals surface area contributed by atoms with Crippen molar-refractivity contribution in [2.45, 2.75) is 0 Å². The molecule has 2 aromatic rings. The smallest absolute Gasteiger partial charge is 0.220 e. The molecule has 0 aliphatic carbocycles. The van der Waals surface area contributed by atoms with E-state index in [0.717, 1.165) is 4.47 Å². The van der Waals surface area contributed by atoms with E-state index in [1.165, 1.54) is 0 Å². The van der Waals surface area contributed by atoms with Gasteiger partial charge in [-0.05, 0) is 34.1 Å². The van der Waals surface area contributed by atoms with E-state index in [0.29, 0.717) is 17.2 Å². The molecule has 3 nitrogen and oxygen atoms in total. The minimum atomic E-state index is 0.408. The van der Waals surface area contributed by atoms with Crippen molar-refractivity contribution in [2.75, 3.05) is 0 Å². The van der Waals surface area contributed by atoms with E-state index < -0.39 is 0 Å². The number of benzene rings is 1. The maximum atomic E-state index is 8.74. The molecule has 0 saturated carbocycles. The molecule has 0 aliphatic rings. The molecule has 4 heteroatoms. The van der Waals surface area contributed by atoms with E-state index in [9.17, 15) is 0 Å². The van der Waals surface area contributed by atoms with Crippen molar-refractivity contribution in [1.29, 1.82) is 5.26 Å². The predicted octanol–water partition coefficient (Wildman–Crippen LogP) is 3.51. The zero-order valence-corrected chi connectivity index (χ0v) is 9.81. The number of nitriles is 1. The van der Waals surface area contributed by atoms with Crippen LogP contribution in [-0.4, -0.2) is 4.98 Å². The predicted molar refractivity (Wildman–Crippen MR) is 63.2 cm³/mol. The van der Waals surface area contributed by atoms with Gasteiger partial charge in [0.05, 0.1) is 16.1 Å². The molecule has 78 valence electrons. The standard InChI is InChI=1S/C12H7BrN2O/c13-10-3-1-2-4-11(10)16-12-7-9(8-14)5-6-15-12/h1-7H. The topological polar surface area (TPSA) is 45.9 Å². The van der Waals surface area contributed by atoms with Crippen molar-refractivity contribution in [3.63, 3.8) is 0 Å². The van der Waals surface area contributed by atoms with Crippen molar-refractivity contribution in [2.24, 2.45) is 0 Å². The van der Waals surface area contributed by atoms with E-state index in [1.807, 2.05) is 30.3 Å². The second kappa shape index (κ2) is 4.77. The van der Waals surface area contributed by atoms with Crippen LogP contribution in [0.1, 0.15) is 5.56 Å². The summed E-state index contributed by atoms with van der Waals surface area (Å²) >= 11 is 3.37. The van der Waals surface area contributed by atoms with Crippen LogP contribution in [0.5, 0.6) is 11.6 Å². The van der Waals surface area contributed by atoms with Gasteiger partial charge in [0.15, 0.2) is 0 Å². The number of hydrogen-bond donors (Lipinski definition) is 0. The molecule has 1 aromatic heterocycles. The maximum Gasteiger partial charge on any atom is 0.220 e. The van der Waals surface area contributed by atoms with Crippen molar-refractivity contribution >= 4 is 15.9 Å². The number of ether oxygens (including phenoxy) is 1. The Hall–Kier alpha value is -1.86. The van der Waals surface area contributed by atoms with Crippen molar-refractivity contribution in [3.8, 4) is 17.7 Å². The number of aromatic nitrogens is 1. The molecule has 0 aliphatic heterocycles. The Kier molecular flexibility index (Phi) is 3.18. The first-order chi connectivity index (χ1) is 7.79. The normalized spacial score (nSPS) is 9.50. The Labute approximate surface area is 101 Å². The van der Waals surface area contributed by atoms with Gasteiger partial charge >= 0.3 is 0 Å². The fourth-order valence-electron chi connectivity index (χ4n) is 1.17. The fraction of sp³-hybridized carbons (Fsp3) is 0. The highest BCUT2D eigenvalue weighted by atomic mass is 79.9. The van der Waals surface area contributed by atoms with Crippen LogP contribution in [0.2, 0.25) is 0 Å². The van der Waals surface area contributed by atoms with E-state index in [-0.39, 0.29) is 0 Å². The second-order valence-corrected chi connectivity index (χ2v) is 3.88. The molecule has 0 unspecified atom stereocenters. The Morgan fingerprint density at radius 1 is 1.25 bits per heavy atom. The molecular weight excluding hydrogens is 268 g/mol. The molecule has 0 fully saturated rings. The summed E-state index contributed by atoms with van der Waals surface area (Å²) in [5, 5.41) is 8.74. The fourth-order valence-corrected chi connectivity index (χ4v) is 1.54. The van der Waals surface area contributed by atoms with Gasteiger partial charge in [-0.2, -0.15) is 5.26 Å². The van der Waals surface area contributed by atoms with Crippen LogP contribution in [0.25, 0.3) is 0 Å². The summed E-state index contributed by atoms with van der Waals surface area (Å²) in [5.74, 6) is 1.08. The van der Waals surface area contributed by atoms with Gasteiger partial charge in [0.25, 0.3) is 0 Å². The monoisotopic (exact) mass is 274 g/mol. The number of rotatable bonds is 2. The quantitative estimate of drug-likeness (QED) is 0.842. The van der Waals surface area contributed by atoms with E-state index in [2.05, 4.69) is 20.9 Å². The van der Waals surface area contributed by atoms with Crippen LogP contribution in [-0.2, 0) is 0 Å². The van der Waals surface area contributed by atoms with Gasteiger partial charge in [-0.15, -0.1) is 0 Å². The number of pyridine rings is 1. The summed E-state index contributed by atoms with van der Waals surface area (Å²) in [7, 11) is 0. The third-order valence-electron chi connectivity index (χ3n) is 1.92. The molecule has 0 N–H and O–H groups in total. The summed E-state index contributed by atoms with van der Waals surface area (Å²) < 4.78 is 6.39. The van der Waals surface area contributed by atoms with Gasteiger partial charge < -0.3 is 4.74 Å². The first-order valence-corrected chi connectivity index (χ1v) is 5.37. The van der Waals surface area contributed by atoms with E-state index in [1.54, 1.807) is 18.3 Å². The van der Waals surface area contributed by atoms with Crippen molar-refractivity contribution in [1.82, 2.24) is 4.98 Å². The minimum Gasteiger partial charge on any atom is -0.438 e. The van der Waals surface area contributed by atoms with Crippen molar-refractivity contribution < 1.29 is 4.74 Å². The van der Waals surface area contributed by atoms with Crippen molar-refractivity contribution in [3.05, 3.63) is 52.6 Å². The van der Waals surface area contributed by atoms with Crippen LogP contribution in [0.15, 0.2) is 47.1 Å². The lowest BCUT2D eigenvalue weighted by Crippen LogP contribution is -1.89. The molecule has 1 aromatic carbocycles. The second-order valence-electron chi connectivity index (χ2n) is 3.03. The Balaban J connectivity index is 2.28. The molecule has 1 heterocycles. The molecule has 0 spiro atoms. The van der Waals surface area contributed by atoms with Crippen LogP contribution in [0.3, 0.4) is 0 Å². The molecule has 0 saturated heterocycles. The maximum absolute atomic E-state index is 8.74. The third-order valence-corrected chi connectivity index (χ3v) is 2.57. The number of halogens is 1. The molecule has 0 bridgehead atoms. The lowest BCUT2D eigenvalue weighted by atomic mass is 10.3. The van der Waals surface area contributed by atoms with E-state index in [4.69, 9.17) is 10.00 Å². The summed E-state index contributed by atoms with van der Waals surface area (Å²) in [6.45, 7) is 0. The minimum absolute atomic E-state index is 0.408. The molecule has 0 atom stereocenters. The van der Waals surface area contributed by atoms with Gasteiger partial charge in [-0.3, -0.25) is 0 Å². The highest BCUT2D eigenvalue weighted by molar-refractivity contribution is 9.10. The third kappa shape index (κ3) is 2.38. The average Bonchev–Trinajstić information content (AvgIpc) is 2.32. The van der Waals surface area contributed by atoms with Crippen LogP contribution >= 0.6 is 15.9 Å². The molecule has 2 rings (SSSR count). The van der Waals surface area contributed by atoms with E-state index >= 15 is 0 Å². The number of nitrogens with zero attached hydrogens (tertiary/aromatic N) is 2. The number of para-hydroxylation sites is 1. The Bertz CT molecular complexity index is 549. The van der Waals surface area contributed by atoms with Crippen LogP contribution in [0.4, 0.5) is 0 Å². The van der Waals surface area contributed by atoms with Gasteiger partial charge in [-0.1, -0.05) is 12.1 Å². The molecule has 0 amide bonds. The molecular formula is C12H7BrN2O. The first-order valence-electron chi connectivity index (χ1n) is 4.58.